The Balaban J connectivity index is 1.55. The molecule has 2 heterocycles. The van der Waals surface area contributed by atoms with Gasteiger partial charge in [-0.15, -0.1) is 0 Å². The van der Waals surface area contributed by atoms with Gasteiger partial charge in [0, 0.05) is 25.5 Å². The molecule has 6 heteroatoms. The summed E-state index contributed by atoms with van der Waals surface area (Å²) in [7, 11) is 0. The Hall–Kier alpha value is -2.34. The third-order valence-corrected chi connectivity index (χ3v) is 5.01. The van der Waals surface area contributed by atoms with Crippen molar-refractivity contribution in [1.29, 1.82) is 0 Å². The smallest absolute Gasteiger partial charge is 0.317 e. The molecule has 1 aromatic heterocycles. The molecule has 2 atom stereocenters. The second kappa shape index (κ2) is 7.70. The lowest BCUT2D eigenvalue weighted by Crippen LogP contribution is -2.46. The van der Waals surface area contributed by atoms with E-state index >= 15 is 0 Å². The zero-order valence-corrected chi connectivity index (χ0v) is 14.8. The van der Waals surface area contributed by atoms with Gasteiger partial charge < -0.3 is 15.3 Å². The van der Waals surface area contributed by atoms with Gasteiger partial charge in [-0.3, -0.25) is 0 Å². The summed E-state index contributed by atoms with van der Waals surface area (Å²) in [5, 5.41) is 16.9. The first-order valence-electron chi connectivity index (χ1n) is 8.88. The van der Waals surface area contributed by atoms with Gasteiger partial charge in [-0.2, -0.15) is 5.10 Å². The third kappa shape index (κ3) is 4.20. The summed E-state index contributed by atoms with van der Waals surface area (Å²) in [5.74, 6) is 0.302. The molecule has 2 aromatic rings. The molecule has 1 aliphatic heterocycles. The number of nitrogens with zero attached hydrogens (tertiary/aromatic N) is 3. The molecule has 0 aliphatic carbocycles. The molecular weight excluding hydrogens is 316 g/mol. The van der Waals surface area contributed by atoms with Crippen molar-refractivity contribution in [3.8, 4) is 5.69 Å². The first-order chi connectivity index (χ1) is 12.0. The number of aromatic nitrogens is 2. The van der Waals surface area contributed by atoms with Crippen molar-refractivity contribution in [3.63, 3.8) is 0 Å². The van der Waals surface area contributed by atoms with Crippen LogP contribution in [-0.2, 0) is 0 Å². The molecule has 0 spiro atoms. The fraction of sp³-hybridized carbons (Fsp3) is 0.474. The van der Waals surface area contributed by atoms with E-state index < -0.39 is 0 Å². The average Bonchev–Trinajstić information content (AvgIpc) is 3.16. The number of carbonyl (C=O) groups excluding carboxylic acids is 1. The maximum atomic E-state index is 12.5. The molecular formula is C19H26N4O2. The van der Waals surface area contributed by atoms with Gasteiger partial charge in [0.1, 0.15) is 0 Å². The van der Waals surface area contributed by atoms with Crippen LogP contribution >= 0.6 is 0 Å². The molecule has 0 radical (unpaired) electrons. The Bertz CT molecular complexity index is 674. The fourth-order valence-corrected chi connectivity index (χ4v) is 3.28. The van der Waals surface area contributed by atoms with Crippen LogP contribution in [0.5, 0.6) is 0 Å². The van der Waals surface area contributed by atoms with E-state index in [-0.39, 0.29) is 18.2 Å². The average molecular weight is 342 g/mol. The van der Waals surface area contributed by atoms with E-state index in [9.17, 15) is 9.90 Å². The van der Waals surface area contributed by atoms with Gasteiger partial charge in [0.15, 0.2) is 0 Å². The minimum Gasteiger partial charge on any atom is -0.393 e. The number of hydrogen-bond donors (Lipinski definition) is 2. The topological polar surface area (TPSA) is 70.4 Å². The van der Waals surface area contributed by atoms with Gasteiger partial charge in [-0.1, -0.05) is 12.1 Å². The third-order valence-electron chi connectivity index (χ3n) is 5.01. The van der Waals surface area contributed by atoms with Crippen molar-refractivity contribution in [2.75, 3.05) is 13.1 Å². The van der Waals surface area contributed by atoms with E-state index in [0.717, 1.165) is 24.1 Å². The van der Waals surface area contributed by atoms with Crippen LogP contribution in [0, 0.1) is 5.92 Å². The zero-order valence-electron chi connectivity index (χ0n) is 14.8. The van der Waals surface area contributed by atoms with Gasteiger partial charge in [-0.05, 0) is 56.4 Å². The number of amides is 2. The van der Waals surface area contributed by atoms with Crippen LogP contribution in [0.4, 0.5) is 4.79 Å². The Labute approximate surface area is 148 Å². The predicted octanol–water partition coefficient (Wildman–Crippen LogP) is 2.74. The predicted molar refractivity (Wildman–Crippen MR) is 96.5 cm³/mol. The molecule has 2 amide bonds. The normalized spacial score (nSPS) is 18.0. The zero-order chi connectivity index (χ0) is 17.8. The molecule has 1 saturated heterocycles. The Morgan fingerprint density at radius 1 is 1.24 bits per heavy atom. The summed E-state index contributed by atoms with van der Waals surface area (Å²) in [5.41, 5.74) is 2.05. The van der Waals surface area contributed by atoms with E-state index in [1.165, 1.54) is 0 Å². The molecule has 2 unspecified atom stereocenters. The minimum absolute atomic E-state index is 0.0345. The maximum absolute atomic E-state index is 12.5. The number of likely N-dealkylation sites (tertiary alicyclic amines) is 1. The number of carbonyl (C=O) groups is 1. The molecule has 2 N–H and O–H groups in total. The highest BCUT2D eigenvalue weighted by Crippen LogP contribution is 2.21. The molecule has 0 saturated carbocycles. The number of urea groups is 1. The van der Waals surface area contributed by atoms with Gasteiger partial charge >= 0.3 is 6.03 Å². The minimum atomic E-state index is -0.294. The standard InChI is InChI=1S/C19H26N4O2/c1-14(16-4-6-18(7-5-16)23-11-3-10-20-23)21-19(25)22-12-8-17(9-13-22)15(2)24/h3-7,10-11,14-15,17,24H,8-9,12-13H2,1-2H3,(H,21,25). The van der Waals surface area contributed by atoms with Crippen LogP contribution in [0.25, 0.3) is 5.69 Å². The number of aliphatic hydroxyl groups excluding tert-OH is 1. The summed E-state index contributed by atoms with van der Waals surface area (Å²) in [6.45, 7) is 5.22. The largest absolute Gasteiger partial charge is 0.393 e. The number of hydrogen-bond acceptors (Lipinski definition) is 3. The molecule has 1 aromatic carbocycles. The highest BCUT2D eigenvalue weighted by molar-refractivity contribution is 5.74. The van der Waals surface area contributed by atoms with Gasteiger partial charge in [-0.25, -0.2) is 9.48 Å². The van der Waals surface area contributed by atoms with Crippen molar-refractivity contribution in [3.05, 3.63) is 48.3 Å². The number of piperidine rings is 1. The molecule has 1 fully saturated rings. The highest BCUT2D eigenvalue weighted by Gasteiger charge is 2.26. The first-order valence-corrected chi connectivity index (χ1v) is 8.88. The Kier molecular flexibility index (Phi) is 5.38. The lowest BCUT2D eigenvalue weighted by atomic mass is 9.92. The molecule has 3 rings (SSSR count). The van der Waals surface area contributed by atoms with Crippen LogP contribution in [0.3, 0.4) is 0 Å². The van der Waals surface area contributed by atoms with Crippen LogP contribution in [0.2, 0.25) is 0 Å². The number of benzene rings is 1. The monoisotopic (exact) mass is 342 g/mol. The summed E-state index contributed by atoms with van der Waals surface area (Å²) >= 11 is 0. The Morgan fingerprint density at radius 3 is 2.48 bits per heavy atom. The molecule has 134 valence electrons. The van der Waals surface area contributed by atoms with Crippen molar-refractivity contribution in [2.24, 2.45) is 5.92 Å². The van der Waals surface area contributed by atoms with Crippen LogP contribution in [0.15, 0.2) is 42.7 Å². The lowest BCUT2D eigenvalue weighted by Gasteiger charge is -2.34. The van der Waals surface area contributed by atoms with E-state index in [1.807, 2.05) is 55.3 Å². The summed E-state index contributed by atoms with van der Waals surface area (Å²) < 4.78 is 1.80. The van der Waals surface area contributed by atoms with Crippen LogP contribution in [0.1, 0.15) is 38.3 Å². The quantitative estimate of drug-likeness (QED) is 0.897. The highest BCUT2D eigenvalue weighted by atomic mass is 16.3. The second-order valence-corrected chi connectivity index (χ2v) is 6.78. The number of nitrogens with one attached hydrogen (secondary N) is 1. The van der Waals surface area contributed by atoms with Crippen molar-refractivity contribution in [1.82, 2.24) is 20.0 Å². The van der Waals surface area contributed by atoms with E-state index in [0.29, 0.717) is 19.0 Å². The molecule has 25 heavy (non-hydrogen) atoms. The number of rotatable bonds is 4. The van der Waals surface area contributed by atoms with E-state index in [4.69, 9.17) is 0 Å². The van der Waals surface area contributed by atoms with Crippen LogP contribution < -0.4 is 5.32 Å². The maximum Gasteiger partial charge on any atom is 0.317 e. The SMILES string of the molecule is CC(NC(=O)N1CCC(C(C)O)CC1)c1ccc(-n2cccn2)cc1. The van der Waals surface area contributed by atoms with Crippen LogP contribution in [-0.4, -0.2) is 45.0 Å². The van der Waals surface area contributed by atoms with Crippen molar-refractivity contribution in [2.45, 2.75) is 38.8 Å². The molecule has 1 aliphatic rings. The number of aliphatic hydroxyl groups is 1. The van der Waals surface area contributed by atoms with Gasteiger partial charge in [0.05, 0.1) is 17.8 Å². The first kappa shape index (κ1) is 17.5. The molecule has 0 bridgehead atoms. The fourth-order valence-electron chi connectivity index (χ4n) is 3.28. The van der Waals surface area contributed by atoms with E-state index in [2.05, 4.69) is 10.4 Å². The van der Waals surface area contributed by atoms with E-state index in [1.54, 1.807) is 10.9 Å². The Morgan fingerprint density at radius 2 is 1.92 bits per heavy atom. The van der Waals surface area contributed by atoms with Crippen molar-refractivity contribution >= 4 is 6.03 Å². The summed E-state index contributed by atoms with van der Waals surface area (Å²) in [6, 6.07) is 9.82. The summed E-state index contributed by atoms with van der Waals surface area (Å²) in [6.07, 6.45) is 5.07. The lowest BCUT2D eigenvalue weighted by molar-refractivity contribution is 0.0794. The molecule has 6 nitrogen and oxygen atoms in total. The summed E-state index contributed by atoms with van der Waals surface area (Å²) in [4.78, 5) is 14.3. The second-order valence-electron chi connectivity index (χ2n) is 6.78. The van der Waals surface area contributed by atoms with Gasteiger partial charge in [0.2, 0.25) is 0 Å². The van der Waals surface area contributed by atoms with Gasteiger partial charge in [0.25, 0.3) is 0 Å². The van der Waals surface area contributed by atoms with Crippen molar-refractivity contribution < 1.29 is 9.90 Å².